The quantitative estimate of drug-likeness (QED) is 0.325. The highest BCUT2D eigenvalue weighted by Crippen LogP contribution is 2.40. The van der Waals surface area contributed by atoms with Gasteiger partial charge in [-0.15, -0.1) is 0 Å². The van der Waals surface area contributed by atoms with Crippen LogP contribution in [0.1, 0.15) is 68.6 Å². The molecule has 0 amide bonds. The van der Waals surface area contributed by atoms with E-state index < -0.39 is 0 Å². The van der Waals surface area contributed by atoms with Gasteiger partial charge in [0.1, 0.15) is 11.6 Å². The van der Waals surface area contributed by atoms with Crippen LogP contribution in [0.4, 0.5) is 4.39 Å². The molecule has 0 atom stereocenters. The van der Waals surface area contributed by atoms with E-state index in [1.807, 2.05) is 65.8 Å². The van der Waals surface area contributed by atoms with Crippen LogP contribution in [-0.2, 0) is 23.9 Å². The number of carbonyl (C=O) groups excluding carboxylic acids is 1. The summed E-state index contributed by atoms with van der Waals surface area (Å²) in [6.07, 6.45) is 0. The minimum Gasteiger partial charge on any atom is -0.507 e. The molecule has 3 aromatic carbocycles. The molecule has 0 saturated heterocycles. The molecule has 5 nitrogen and oxygen atoms in total. The van der Waals surface area contributed by atoms with Crippen LogP contribution in [0, 0.1) is 11.2 Å². The fourth-order valence-electron chi connectivity index (χ4n) is 4.59. The highest BCUT2D eigenvalue weighted by atomic mass is 19.1. The number of aromatic hydroxyl groups is 1. The number of fused-ring (bicyclic) bond motifs is 1. The van der Waals surface area contributed by atoms with Crippen LogP contribution in [0.15, 0.2) is 60.7 Å². The third-order valence-electron chi connectivity index (χ3n) is 6.61. The Labute approximate surface area is 211 Å². The average Bonchev–Trinajstić information content (AvgIpc) is 3.05. The summed E-state index contributed by atoms with van der Waals surface area (Å²) in [6, 6.07) is 17.6. The summed E-state index contributed by atoms with van der Waals surface area (Å²) in [7, 11) is 0. The number of nitrogens with zero attached hydrogens (tertiary/aromatic N) is 2. The van der Waals surface area contributed by atoms with E-state index in [1.54, 1.807) is 39.5 Å². The smallest absolute Gasteiger partial charge is 0.203 e. The molecule has 0 radical (unpaired) electrons. The van der Waals surface area contributed by atoms with Gasteiger partial charge in [-0.2, -0.15) is 0 Å². The van der Waals surface area contributed by atoms with E-state index in [0.29, 0.717) is 11.1 Å². The van der Waals surface area contributed by atoms with Gasteiger partial charge in [-0.05, 0) is 41.2 Å². The van der Waals surface area contributed by atoms with Crippen LogP contribution in [0.2, 0.25) is 0 Å². The Hall–Kier alpha value is -3.67. The van der Waals surface area contributed by atoms with E-state index in [4.69, 9.17) is 5.41 Å². The highest BCUT2D eigenvalue weighted by molar-refractivity contribution is 5.97. The molecule has 188 valence electrons. The fraction of sp³-hybridized carbons (Fsp3) is 0.333. The van der Waals surface area contributed by atoms with Gasteiger partial charge in [-0.25, -0.2) is 4.39 Å². The van der Waals surface area contributed by atoms with Gasteiger partial charge < -0.3 is 14.2 Å². The van der Waals surface area contributed by atoms with Crippen LogP contribution in [0.25, 0.3) is 11.0 Å². The second-order valence-corrected chi connectivity index (χ2v) is 11.4. The van der Waals surface area contributed by atoms with Gasteiger partial charge in [0.2, 0.25) is 5.62 Å². The van der Waals surface area contributed by atoms with E-state index in [1.165, 1.54) is 6.07 Å². The van der Waals surface area contributed by atoms with Crippen molar-refractivity contribution in [1.29, 1.82) is 5.41 Å². The molecule has 36 heavy (non-hydrogen) atoms. The van der Waals surface area contributed by atoms with Crippen LogP contribution in [0.5, 0.6) is 5.75 Å². The summed E-state index contributed by atoms with van der Waals surface area (Å²) in [5, 5.41) is 19.9. The topological polar surface area (TPSA) is 71.0 Å². The zero-order valence-corrected chi connectivity index (χ0v) is 21.8. The zero-order chi connectivity index (χ0) is 26.4. The normalized spacial score (nSPS) is 12.3. The number of benzene rings is 3. The maximum Gasteiger partial charge on any atom is 0.203 e. The van der Waals surface area contributed by atoms with E-state index in [-0.39, 0.29) is 46.9 Å². The number of phenols is 1. The van der Waals surface area contributed by atoms with Crippen molar-refractivity contribution in [2.45, 2.75) is 65.5 Å². The van der Waals surface area contributed by atoms with Crippen molar-refractivity contribution in [2.75, 3.05) is 0 Å². The van der Waals surface area contributed by atoms with Gasteiger partial charge in [0.05, 0.1) is 24.1 Å². The largest absolute Gasteiger partial charge is 0.507 e. The van der Waals surface area contributed by atoms with Crippen molar-refractivity contribution in [3.05, 3.63) is 94.4 Å². The Balaban J connectivity index is 1.81. The molecule has 0 aliphatic carbocycles. The minimum absolute atomic E-state index is 0.0401. The summed E-state index contributed by atoms with van der Waals surface area (Å²) < 4.78 is 17.8. The van der Waals surface area contributed by atoms with Crippen molar-refractivity contribution >= 4 is 16.8 Å². The molecular formula is C30H34FN3O2. The van der Waals surface area contributed by atoms with Crippen LogP contribution < -0.4 is 5.62 Å². The average molecular weight is 488 g/mol. The third-order valence-corrected chi connectivity index (χ3v) is 6.61. The van der Waals surface area contributed by atoms with Crippen molar-refractivity contribution < 1.29 is 14.3 Å². The molecule has 4 aromatic rings. The molecule has 6 heteroatoms. The lowest BCUT2D eigenvalue weighted by molar-refractivity contribution is 0.0971. The number of carbonyl (C=O) groups is 1. The first-order chi connectivity index (χ1) is 16.8. The number of nitrogens with one attached hydrogen (secondary N) is 1. The van der Waals surface area contributed by atoms with E-state index >= 15 is 0 Å². The summed E-state index contributed by atoms with van der Waals surface area (Å²) in [5.41, 5.74) is 3.32. The SMILES string of the molecule is CC(C)(C)c1cc(C(=O)Cn2c(=N)n(Cc3ccccc3F)c3ccccc32)cc(C(C)(C)C)c1O. The monoisotopic (exact) mass is 487 g/mol. The highest BCUT2D eigenvalue weighted by Gasteiger charge is 2.28. The number of para-hydroxylation sites is 2. The first kappa shape index (κ1) is 25.4. The number of Topliss-reactive ketones (excluding diaryl/α,β-unsaturated/α-hetero) is 1. The molecule has 0 saturated carbocycles. The Morgan fingerprint density at radius 1 is 0.861 bits per heavy atom. The molecule has 0 unspecified atom stereocenters. The minimum atomic E-state index is -0.357. The van der Waals surface area contributed by atoms with Crippen LogP contribution in [-0.4, -0.2) is 20.0 Å². The summed E-state index contributed by atoms with van der Waals surface area (Å²) >= 11 is 0. The Morgan fingerprint density at radius 3 is 1.89 bits per heavy atom. The second kappa shape index (κ2) is 9.08. The summed E-state index contributed by atoms with van der Waals surface area (Å²) in [5.74, 6) is -0.258. The Bertz CT molecular complexity index is 1480. The summed E-state index contributed by atoms with van der Waals surface area (Å²) in [4.78, 5) is 13.6. The standard InChI is InChI=1S/C30H34FN3O2/c1-29(2,3)21-15-20(16-22(27(21)36)30(4,5)6)26(35)18-34-25-14-10-9-13-24(25)33(28(34)32)17-19-11-7-8-12-23(19)31/h7-16,32,36H,17-18H2,1-6H3. The number of aromatic nitrogens is 2. The lowest BCUT2D eigenvalue weighted by Crippen LogP contribution is -2.28. The van der Waals surface area contributed by atoms with Crippen LogP contribution >= 0.6 is 0 Å². The van der Waals surface area contributed by atoms with Crippen LogP contribution in [0.3, 0.4) is 0 Å². The molecule has 2 N–H and O–H groups in total. The molecule has 4 rings (SSSR count). The van der Waals surface area contributed by atoms with E-state index in [2.05, 4.69) is 0 Å². The molecular weight excluding hydrogens is 453 g/mol. The number of hydrogen-bond acceptors (Lipinski definition) is 3. The summed E-state index contributed by atoms with van der Waals surface area (Å²) in [6.45, 7) is 12.2. The van der Waals surface area contributed by atoms with Gasteiger partial charge in [0.15, 0.2) is 5.78 Å². The zero-order valence-electron chi connectivity index (χ0n) is 21.8. The maximum absolute atomic E-state index is 14.4. The molecule has 0 aliphatic heterocycles. The number of ketones is 1. The Kier molecular flexibility index (Phi) is 6.41. The molecule has 0 aliphatic rings. The van der Waals surface area contributed by atoms with Gasteiger partial charge in [0.25, 0.3) is 0 Å². The number of phenolic OH excluding ortho intramolecular Hbond substituents is 1. The molecule has 0 bridgehead atoms. The van der Waals surface area contributed by atoms with Crippen molar-refractivity contribution in [3.8, 4) is 5.75 Å². The van der Waals surface area contributed by atoms with Crippen molar-refractivity contribution in [1.82, 2.24) is 9.13 Å². The van der Waals surface area contributed by atoms with Crippen molar-refractivity contribution in [3.63, 3.8) is 0 Å². The van der Waals surface area contributed by atoms with Gasteiger partial charge in [0, 0.05) is 22.3 Å². The number of halogens is 1. The van der Waals surface area contributed by atoms with Gasteiger partial charge in [-0.3, -0.25) is 10.2 Å². The van der Waals surface area contributed by atoms with E-state index in [0.717, 1.165) is 22.2 Å². The van der Waals surface area contributed by atoms with E-state index in [9.17, 15) is 14.3 Å². The molecule has 0 spiro atoms. The van der Waals surface area contributed by atoms with Gasteiger partial charge in [-0.1, -0.05) is 71.9 Å². The third kappa shape index (κ3) is 4.72. The predicted molar refractivity (Wildman–Crippen MR) is 141 cm³/mol. The lowest BCUT2D eigenvalue weighted by atomic mass is 9.78. The number of rotatable bonds is 5. The lowest BCUT2D eigenvalue weighted by Gasteiger charge is -2.28. The number of imidazole rings is 1. The maximum atomic E-state index is 14.4. The molecule has 1 aromatic heterocycles. The van der Waals surface area contributed by atoms with Crippen molar-refractivity contribution in [2.24, 2.45) is 0 Å². The second-order valence-electron chi connectivity index (χ2n) is 11.4. The first-order valence-corrected chi connectivity index (χ1v) is 12.2. The molecule has 1 heterocycles. The predicted octanol–water partition coefficient (Wildman–Crippen LogP) is 6.29. The Morgan fingerprint density at radius 2 is 1.36 bits per heavy atom. The van der Waals surface area contributed by atoms with Gasteiger partial charge >= 0.3 is 0 Å². The number of hydrogen-bond donors (Lipinski definition) is 2. The fourth-order valence-corrected chi connectivity index (χ4v) is 4.59. The first-order valence-electron chi connectivity index (χ1n) is 12.2. The molecule has 0 fully saturated rings.